The van der Waals surface area contributed by atoms with Crippen LogP contribution in [0.1, 0.15) is 10.4 Å². The van der Waals surface area contributed by atoms with Crippen molar-refractivity contribution >= 4 is 26.9 Å². The molecular weight excluding hydrogens is 262 g/mol. The third-order valence-electron chi connectivity index (χ3n) is 2.40. The van der Waals surface area contributed by atoms with Crippen molar-refractivity contribution in [2.75, 3.05) is 0 Å². The molecule has 1 heterocycles. The first kappa shape index (κ1) is 12.3. The van der Waals surface area contributed by atoms with Crippen LogP contribution in [0.4, 0.5) is 0 Å². The zero-order valence-corrected chi connectivity index (χ0v) is 9.56. The molecule has 0 saturated carbocycles. The van der Waals surface area contributed by atoms with E-state index in [1.54, 1.807) is 0 Å². The maximum Gasteiger partial charge on any atom is 0.337 e. The van der Waals surface area contributed by atoms with Gasteiger partial charge in [-0.25, -0.2) is 4.79 Å². The molecule has 0 aliphatic carbocycles. The van der Waals surface area contributed by atoms with Crippen molar-refractivity contribution in [2.24, 2.45) is 0 Å². The topological polar surface area (TPSA) is 125 Å². The number of nitrogens with one attached hydrogen (secondary N) is 1. The number of rotatable bonds is 2. The van der Waals surface area contributed by atoms with Gasteiger partial charge in [0.25, 0.3) is 15.7 Å². The Balaban J connectivity index is 2.91. The molecule has 2 rings (SSSR count). The summed E-state index contributed by atoms with van der Waals surface area (Å²) in [5.41, 5.74) is -0.799. The Labute approximate surface area is 100 Å². The first-order valence-electron chi connectivity index (χ1n) is 4.67. The summed E-state index contributed by atoms with van der Waals surface area (Å²) in [5.74, 6) is -1.25. The molecule has 0 atom stereocenters. The van der Waals surface area contributed by atoms with E-state index in [1.807, 2.05) is 0 Å². The van der Waals surface area contributed by atoms with Crippen LogP contribution in [0, 0.1) is 0 Å². The molecule has 18 heavy (non-hydrogen) atoms. The van der Waals surface area contributed by atoms with Gasteiger partial charge < -0.3 is 10.1 Å². The van der Waals surface area contributed by atoms with Crippen LogP contribution in [0.15, 0.2) is 34.1 Å². The summed E-state index contributed by atoms with van der Waals surface area (Å²) in [7, 11) is -4.44. The van der Waals surface area contributed by atoms with Gasteiger partial charge in [-0.2, -0.15) is 8.42 Å². The van der Waals surface area contributed by atoms with E-state index in [0.717, 1.165) is 24.4 Å². The molecule has 1 aromatic carbocycles. The standard InChI is InChI=1S/C10H7NO6S/c12-9-7-3-5(18(15,16)17)1-2-6(7)8(4-11-9)10(13)14/h1-4H,(H,11,12)(H,13,14)(H,15,16,17). The van der Waals surface area contributed by atoms with Gasteiger partial charge in [0.2, 0.25) is 0 Å². The first-order valence-corrected chi connectivity index (χ1v) is 6.11. The van der Waals surface area contributed by atoms with E-state index in [-0.39, 0.29) is 16.3 Å². The normalized spacial score (nSPS) is 11.6. The smallest absolute Gasteiger partial charge is 0.337 e. The summed E-state index contributed by atoms with van der Waals surface area (Å²) >= 11 is 0. The van der Waals surface area contributed by atoms with Crippen molar-refractivity contribution in [3.05, 3.63) is 40.3 Å². The molecular formula is C10H7NO6S. The number of carboxylic acid groups (broad SMARTS) is 1. The number of hydrogen-bond acceptors (Lipinski definition) is 4. The van der Waals surface area contributed by atoms with Crippen LogP contribution in [0.3, 0.4) is 0 Å². The lowest BCUT2D eigenvalue weighted by Gasteiger charge is -2.03. The third kappa shape index (κ3) is 1.98. The number of pyridine rings is 1. The molecule has 8 heteroatoms. The molecule has 0 unspecified atom stereocenters. The number of hydrogen-bond donors (Lipinski definition) is 3. The largest absolute Gasteiger partial charge is 0.478 e. The van der Waals surface area contributed by atoms with Crippen molar-refractivity contribution < 1.29 is 22.9 Å². The molecule has 0 radical (unpaired) electrons. The van der Waals surface area contributed by atoms with Gasteiger partial charge in [-0.1, -0.05) is 6.07 Å². The Hall–Kier alpha value is -2.19. The summed E-state index contributed by atoms with van der Waals surface area (Å²) in [6.45, 7) is 0. The van der Waals surface area contributed by atoms with Gasteiger partial charge >= 0.3 is 5.97 Å². The Kier molecular flexibility index (Phi) is 2.68. The number of aromatic carboxylic acids is 1. The molecule has 2 aromatic rings. The SMILES string of the molecule is O=C(O)c1c[nH]c(=O)c2cc(S(=O)(=O)O)ccc12. The number of aromatic nitrogens is 1. The maximum atomic E-state index is 11.5. The number of fused-ring (bicyclic) bond motifs is 1. The zero-order chi connectivity index (χ0) is 13.5. The molecule has 94 valence electrons. The van der Waals surface area contributed by atoms with Gasteiger partial charge in [0.15, 0.2) is 0 Å². The Bertz CT molecular complexity index is 805. The molecule has 7 nitrogen and oxygen atoms in total. The summed E-state index contributed by atoms with van der Waals surface area (Å²) < 4.78 is 30.7. The second-order valence-corrected chi connectivity index (χ2v) is 4.94. The van der Waals surface area contributed by atoms with Gasteiger partial charge in [-0.15, -0.1) is 0 Å². The van der Waals surface area contributed by atoms with E-state index >= 15 is 0 Å². The first-order chi connectivity index (χ1) is 8.30. The van der Waals surface area contributed by atoms with Crippen LogP contribution in [-0.2, 0) is 10.1 Å². The highest BCUT2D eigenvalue weighted by Crippen LogP contribution is 2.19. The molecule has 0 fully saturated rings. The molecule has 0 spiro atoms. The summed E-state index contributed by atoms with van der Waals surface area (Å²) in [5, 5.41) is 8.89. The van der Waals surface area contributed by atoms with Gasteiger partial charge in [0.1, 0.15) is 0 Å². The molecule has 3 N–H and O–H groups in total. The van der Waals surface area contributed by atoms with Gasteiger partial charge in [0, 0.05) is 17.0 Å². The number of carboxylic acids is 1. The number of H-pyrrole nitrogens is 1. The molecule has 0 saturated heterocycles. The van der Waals surface area contributed by atoms with Gasteiger partial charge in [0.05, 0.1) is 10.5 Å². The minimum absolute atomic E-state index is 0.0960. The highest BCUT2D eigenvalue weighted by Gasteiger charge is 2.15. The number of carbonyl (C=O) groups is 1. The summed E-state index contributed by atoms with van der Waals surface area (Å²) in [6, 6.07) is 3.12. The Morgan fingerprint density at radius 3 is 2.44 bits per heavy atom. The molecule has 0 aliphatic rings. The second kappa shape index (κ2) is 3.93. The maximum absolute atomic E-state index is 11.5. The second-order valence-electron chi connectivity index (χ2n) is 3.52. The number of aromatic amines is 1. The summed E-state index contributed by atoms with van der Waals surface area (Å²) in [4.78, 5) is 24.1. The van der Waals surface area contributed by atoms with E-state index < -0.39 is 26.5 Å². The van der Waals surface area contributed by atoms with E-state index in [0.29, 0.717) is 0 Å². The van der Waals surface area contributed by atoms with Crippen molar-refractivity contribution in [1.29, 1.82) is 0 Å². The fourth-order valence-corrected chi connectivity index (χ4v) is 2.08. The summed E-state index contributed by atoms with van der Waals surface area (Å²) in [6.07, 6.45) is 1.03. The lowest BCUT2D eigenvalue weighted by atomic mass is 10.1. The molecule has 1 aromatic heterocycles. The van der Waals surface area contributed by atoms with E-state index in [2.05, 4.69) is 4.98 Å². The van der Waals surface area contributed by atoms with Crippen LogP contribution in [0.5, 0.6) is 0 Å². The van der Waals surface area contributed by atoms with Crippen molar-refractivity contribution in [3.63, 3.8) is 0 Å². The average molecular weight is 269 g/mol. The highest BCUT2D eigenvalue weighted by molar-refractivity contribution is 7.85. The van der Waals surface area contributed by atoms with Crippen molar-refractivity contribution in [3.8, 4) is 0 Å². The van der Waals surface area contributed by atoms with Gasteiger partial charge in [-0.05, 0) is 12.1 Å². The predicted molar refractivity (Wildman–Crippen MR) is 61.3 cm³/mol. The molecule has 0 bridgehead atoms. The van der Waals surface area contributed by atoms with E-state index in [9.17, 15) is 18.0 Å². The quantitative estimate of drug-likeness (QED) is 0.681. The minimum atomic E-state index is -4.44. The molecule has 0 aliphatic heterocycles. The fraction of sp³-hybridized carbons (Fsp3) is 0. The van der Waals surface area contributed by atoms with Crippen LogP contribution < -0.4 is 5.56 Å². The lowest BCUT2D eigenvalue weighted by molar-refractivity contribution is 0.0698. The lowest BCUT2D eigenvalue weighted by Crippen LogP contribution is -2.11. The highest BCUT2D eigenvalue weighted by atomic mass is 32.2. The Morgan fingerprint density at radius 1 is 1.22 bits per heavy atom. The minimum Gasteiger partial charge on any atom is -0.478 e. The van der Waals surface area contributed by atoms with E-state index in [1.165, 1.54) is 0 Å². The average Bonchev–Trinajstić information content (AvgIpc) is 2.27. The predicted octanol–water partition coefficient (Wildman–Crippen LogP) is 0.473. The monoisotopic (exact) mass is 269 g/mol. The van der Waals surface area contributed by atoms with Crippen LogP contribution in [0.25, 0.3) is 10.8 Å². The number of benzene rings is 1. The van der Waals surface area contributed by atoms with Crippen molar-refractivity contribution in [1.82, 2.24) is 4.98 Å². The van der Waals surface area contributed by atoms with E-state index in [4.69, 9.17) is 9.66 Å². The van der Waals surface area contributed by atoms with Crippen LogP contribution >= 0.6 is 0 Å². The van der Waals surface area contributed by atoms with Crippen molar-refractivity contribution in [2.45, 2.75) is 4.90 Å². The van der Waals surface area contributed by atoms with Crippen LogP contribution in [0.2, 0.25) is 0 Å². The van der Waals surface area contributed by atoms with Crippen LogP contribution in [-0.4, -0.2) is 29.0 Å². The Morgan fingerprint density at radius 2 is 1.89 bits per heavy atom. The zero-order valence-electron chi connectivity index (χ0n) is 8.75. The fourth-order valence-electron chi connectivity index (χ4n) is 1.58. The molecule has 0 amide bonds. The third-order valence-corrected chi connectivity index (χ3v) is 3.25. The van der Waals surface area contributed by atoms with Gasteiger partial charge in [-0.3, -0.25) is 9.35 Å².